The molecule has 1 fully saturated rings. The molecule has 0 N–H and O–H groups in total. The molecule has 1 aliphatic rings. The molecule has 0 amide bonds. The SMILES string of the molecule is C[C@H]1CN(Cc2ccc(OCc3ccc(C(F)(F)F)cc3)cc2)CCN1c1ccccc1. The van der Waals surface area contributed by atoms with Crippen molar-refractivity contribution in [1.29, 1.82) is 0 Å². The first kappa shape index (κ1) is 22.2. The summed E-state index contributed by atoms with van der Waals surface area (Å²) < 4.78 is 43.7. The molecule has 0 aliphatic carbocycles. The van der Waals surface area contributed by atoms with E-state index in [0.29, 0.717) is 17.4 Å². The summed E-state index contributed by atoms with van der Waals surface area (Å²) in [6.45, 7) is 6.38. The number of hydrogen-bond acceptors (Lipinski definition) is 3. The highest BCUT2D eigenvalue weighted by atomic mass is 19.4. The predicted octanol–water partition coefficient (Wildman–Crippen LogP) is 6.00. The molecule has 0 unspecified atom stereocenters. The van der Waals surface area contributed by atoms with E-state index in [4.69, 9.17) is 4.74 Å². The lowest BCUT2D eigenvalue weighted by molar-refractivity contribution is -0.137. The summed E-state index contributed by atoms with van der Waals surface area (Å²) in [5.74, 6) is 0.705. The van der Waals surface area contributed by atoms with Crippen LogP contribution in [-0.2, 0) is 19.3 Å². The molecule has 1 atom stereocenters. The lowest BCUT2D eigenvalue weighted by Gasteiger charge is -2.41. The van der Waals surface area contributed by atoms with Gasteiger partial charge in [0.25, 0.3) is 0 Å². The van der Waals surface area contributed by atoms with Crippen molar-refractivity contribution in [1.82, 2.24) is 4.90 Å². The van der Waals surface area contributed by atoms with Gasteiger partial charge in [0.15, 0.2) is 0 Å². The molecule has 6 heteroatoms. The molecule has 0 saturated carbocycles. The van der Waals surface area contributed by atoms with E-state index in [1.54, 1.807) is 0 Å². The highest BCUT2D eigenvalue weighted by Gasteiger charge is 2.30. The Bertz CT molecular complexity index is 988. The molecule has 0 bridgehead atoms. The van der Waals surface area contributed by atoms with Crippen LogP contribution in [0.4, 0.5) is 18.9 Å². The van der Waals surface area contributed by atoms with Crippen LogP contribution in [0.15, 0.2) is 78.9 Å². The highest BCUT2D eigenvalue weighted by Crippen LogP contribution is 2.29. The van der Waals surface area contributed by atoms with Crippen LogP contribution in [0.1, 0.15) is 23.6 Å². The van der Waals surface area contributed by atoms with Crippen molar-refractivity contribution in [3.05, 3.63) is 95.6 Å². The third-order valence-electron chi connectivity index (χ3n) is 5.82. The van der Waals surface area contributed by atoms with Crippen molar-refractivity contribution in [2.24, 2.45) is 0 Å². The van der Waals surface area contributed by atoms with Gasteiger partial charge in [-0.25, -0.2) is 0 Å². The monoisotopic (exact) mass is 440 g/mol. The van der Waals surface area contributed by atoms with Gasteiger partial charge in [0.05, 0.1) is 5.56 Å². The minimum atomic E-state index is -4.32. The van der Waals surface area contributed by atoms with E-state index >= 15 is 0 Å². The summed E-state index contributed by atoms with van der Waals surface area (Å²) in [6, 6.07) is 24.0. The van der Waals surface area contributed by atoms with E-state index in [1.807, 2.05) is 18.2 Å². The second-order valence-electron chi connectivity index (χ2n) is 8.24. The zero-order valence-corrected chi connectivity index (χ0v) is 18.1. The number of halogens is 3. The molecule has 3 aromatic rings. The first-order chi connectivity index (χ1) is 15.4. The van der Waals surface area contributed by atoms with Crippen molar-refractivity contribution < 1.29 is 17.9 Å². The third-order valence-corrected chi connectivity index (χ3v) is 5.82. The van der Waals surface area contributed by atoms with Gasteiger partial charge in [-0.3, -0.25) is 4.90 Å². The molecule has 0 aromatic heterocycles. The molecule has 168 valence electrons. The molecule has 4 rings (SSSR count). The second kappa shape index (κ2) is 9.65. The van der Waals surface area contributed by atoms with Crippen LogP contribution in [0.3, 0.4) is 0 Å². The maximum Gasteiger partial charge on any atom is 0.416 e. The fraction of sp³-hybridized carbons (Fsp3) is 0.308. The summed E-state index contributed by atoms with van der Waals surface area (Å²) in [6.07, 6.45) is -4.32. The van der Waals surface area contributed by atoms with Crippen LogP contribution in [-0.4, -0.2) is 30.6 Å². The van der Waals surface area contributed by atoms with Crippen LogP contribution in [0.25, 0.3) is 0 Å². The summed E-state index contributed by atoms with van der Waals surface area (Å²) in [7, 11) is 0. The van der Waals surface area contributed by atoms with E-state index in [2.05, 4.69) is 53.1 Å². The first-order valence-corrected chi connectivity index (χ1v) is 10.8. The van der Waals surface area contributed by atoms with E-state index in [9.17, 15) is 13.2 Å². The average molecular weight is 441 g/mol. The Morgan fingerprint density at radius 2 is 1.50 bits per heavy atom. The number of para-hydroxylation sites is 1. The number of hydrogen-bond donors (Lipinski definition) is 0. The molecule has 1 heterocycles. The normalized spacial score (nSPS) is 17.4. The van der Waals surface area contributed by atoms with Crippen molar-refractivity contribution in [2.75, 3.05) is 24.5 Å². The zero-order valence-electron chi connectivity index (χ0n) is 18.1. The lowest BCUT2D eigenvalue weighted by Crippen LogP contribution is -2.51. The standard InChI is InChI=1S/C26H27F3N2O/c1-20-17-30(15-16-31(20)24-5-3-2-4-6-24)18-21-9-13-25(14-10-21)32-19-22-7-11-23(12-8-22)26(27,28)29/h2-14,20H,15-19H2,1H3/t20-/m0/s1. The van der Waals surface area contributed by atoms with Gasteiger partial charge >= 0.3 is 6.18 Å². The minimum Gasteiger partial charge on any atom is -0.489 e. The molecular formula is C26H27F3N2O. The zero-order chi connectivity index (χ0) is 22.6. The largest absolute Gasteiger partial charge is 0.489 e. The number of ether oxygens (including phenoxy) is 1. The molecule has 0 spiro atoms. The number of rotatable bonds is 6. The molecule has 3 nitrogen and oxygen atoms in total. The van der Waals surface area contributed by atoms with E-state index < -0.39 is 11.7 Å². The smallest absolute Gasteiger partial charge is 0.416 e. The van der Waals surface area contributed by atoms with Crippen LogP contribution < -0.4 is 9.64 Å². The number of nitrogens with zero attached hydrogens (tertiary/aromatic N) is 2. The number of benzene rings is 3. The Kier molecular flexibility index (Phi) is 6.70. The molecule has 32 heavy (non-hydrogen) atoms. The van der Waals surface area contributed by atoms with Crippen molar-refractivity contribution in [3.63, 3.8) is 0 Å². The van der Waals surface area contributed by atoms with E-state index in [-0.39, 0.29) is 6.61 Å². The first-order valence-electron chi connectivity index (χ1n) is 10.8. The minimum absolute atomic E-state index is 0.233. The Labute approximate surface area is 187 Å². The predicted molar refractivity (Wildman–Crippen MR) is 121 cm³/mol. The maximum absolute atomic E-state index is 12.7. The molecule has 0 radical (unpaired) electrons. The maximum atomic E-state index is 12.7. The van der Waals surface area contributed by atoms with Crippen LogP contribution in [0.5, 0.6) is 5.75 Å². The average Bonchev–Trinajstić information content (AvgIpc) is 2.79. The summed E-state index contributed by atoms with van der Waals surface area (Å²) in [5.41, 5.74) is 2.54. The second-order valence-corrected chi connectivity index (χ2v) is 8.24. The lowest BCUT2D eigenvalue weighted by atomic mass is 10.1. The molecular weight excluding hydrogens is 413 g/mol. The van der Waals surface area contributed by atoms with Crippen LogP contribution >= 0.6 is 0 Å². The van der Waals surface area contributed by atoms with Crippen molar-refractivity contribution >= 4 is 5.69 Å². The fourth-order valence-electron chi connectivity index (χ4n) is 4.09. The quantitative estimate of drug-likeness (QED) is 0.468. The van der Waals surface area contributed by atoms with Crippen LogP contribution in [0, 0.1) is 0 Å². The van der Waals surface area contributed by atoms with Gasteiger partial charge in [-0.15, -0.1) is 0 Å². The van der Waals surface area contributed by atoms with Gasteiger partial charge in [0.2, 0.25) is 0 Å². The summed E-state index contributed by atoms with van der Waals surface area (Å²) >= 11 is 0. The third kappa shape index (κ3) is 5.62. The molecule has 3 aromatic carbocycles. The Hall–Kier alpha value is -2.99. The molecule has 1 aliphatic heterocycles. The highest BCUT2D eigenvalue weighted by molar-refractivity contribution is 5.47. The van der Waals surface area contributed by atoms with Gasteiger partial charge in [-0.2, -0.15) is 13.2 Å². The van der Waals surface area contributed by atoms with E-state index in [0.717, 1.165) is 38.3 Å². The summed E-state index contributed by atoms with van der Waals surface area (Å²) in [4.78, 5) is 4.91. The van der Waals surface area contributed by atoms with Crippen molar-refractivity contribution in [3.8, 4) is 5.75 Å². The number of anilines is 1. The Morgan fingerprint density at radius 1 is 0.844 bits per heavy atom. The number of alkyl halides is 3. The van der Waals surface area contributed by atoms with Gasteiger partial charge in [-0.05, 0) is 54.4 Å². The van der Waals surface area contributed by atoms with Gasteiger partial charge in [-0.1, -0.05) is 42.5 Å². The van der Waals surface area contributed by atoms with E-state index in [1.165, 1.54) is 23.4 Å². The van der Waals surface area contributed by atoms with Crippen molar-refractivity contribution in [2.45, 2.75) is 32.3 Å². The van der Waals surface area contributed by atoms with Gasteiger partial charge in [0.1, 0.15) is 12.4 Å². The molecule has 1 saturated heterocycles. The summed E-state index contributed by atoms with van der Waals surface area (Å²) in [5, 5.41) is 0. The number of piperazine rings is 1. The van der Waals surface area contributed by atoms with Crippen LogP contribution in [0.2, 0.25) is 0 Å². The topological polar surface area (TPSA) is 15.7 Å². The fourth-order valence-corrected chi connectivity index (χ4v) is 4.09. The van der Waals surface area contributed by atoms with Gasteiger partial charge < -0.3 is 9.64 Å². The van der Waals surface area contributed by atoms with Gasteiger partial charge in [0, 0.05) is 37.9 Å². The Balaban J connectivity index is 1.27. The Morgan fingerprint density at radius 3 is 2.12 bits per heavy atom.